The highest BCUT2D eigenvalue weighted by Crippen LogP contribution is 2.15. The number of halogens is 1. The summed E-state index contributed by atoms with van der Waals surface area (Å²) < 4.78 is 0. The Bertz CT molecular complexity index is 497. The molecule has 3 nitrogen and oxygen atoms in total. The maximum atomic E-state index is 12.5. The number of nitrogens with zero attached hydrogens (tertiary/aromatic N) is 1. The minimum atomic E-state index is 0. The first-order chi connectivity index (χ1) is 12.2. The van der Waals surface area contributed by atoms with Crippen LogP contribution in [0.25, 0.3) is 0 Å². The number of hydrogen-bond acceptors (Lipinski definition) is 2. The van der Waals surface area contributed by atoms with Gasteiger partial charge in [0.2, 0.25) is 0 Å². The van der Waals surface area contributed by atoms with Gasteiger partial charge < -0.3 is 10.2 Å². The van der Waals surface area contributed by atoms with Crippen molar-refractivity contribution in [2.24, 2.45) is 0 Å². The summed E-state index contributed by atoms with van der Waals surface area (Å²) in [6, 6.07) is 8.61. The van der Waals surface area contributed by atoms with Crippen LogP contribution in [0.1, 0.15) is 80.6 Å². The molecule has 0 unspecified atom stereocenters. The summed E-state index contributed by atoms with van der Waals surface area (Å²) in [5.74, 6) is 0.146. The van der Waals surface area contributed by atoms with Gasteiger partial charge in [0, 0.05) is 25.2 Å². The van der Waals surface area contributed by atoms with Crippen LogP contribution in [0.15, 0.2) is 24.3 Å². The van der Waals surface area contributed by atoms with Gasteiger partial charge in [-0.3, -0.25) is 4.79 Å². The fourth-order valence-corrected chi connectivity index (χ4v) is 3.62. The quantitative estimate of drug-likeness (QED) is 0.533. The largest absolute Gasteiger partial charge is 0.337 e. The summed E-state index contributed by atoms with van der Waals surface area (Å²) >= 11 is 0. The predicted molar refractivity (Wildman–Crippen MR) is 113 cm³/mol. The topological polar surface area (TPSA) is 32.3 Å². The van der Waals surface area contributed by atoms with Gasteiger partial charge in [-0.2, -0.15) is 0 Å². The van der Waals surface area contributed by atoms with E-state index >= 15 is 0 Å². The Morgan fingerprint density at radius 3 is 2.23 bits per heavy atom. The van der Waals surface area contributed by atoms with Crippen molar-refractivity contribution in [3.05, 3.63) is 35.4 Å². The first-order valence-electron chi connectivity index (χ1n) is 10.3. The van der Waals surface area contributed by atoms with E-state index in [-0.39, 0.29) is 18.3 Å². The number of nitrogens with one attached hydrogen (secondary N) is 1. The van der Waals surface area contributed by atoms with E-state index in [0.717, 1.165) is 31.5 Å². The Morgan fingerprint density at radius 1 is 1.04 bits per heavy atom. The molecule has 1 aromatic carbocycles. The average Bonchev–Trinajstić information content (AvgIpc) is 3.18. The monoisotopic (exact) mass is 380 g/mol. The number of unbranched alkanes of at least 4 members (excludes halogenated alkanes) is 7. The number of rotatable bonds is 11. The number of carbonyl (C=O) groups is 1. The first-order valence-corrected chi connectivity index (χ1v) is 10.3. The molecule has 0 spiro atoms. The van der Waals surface area contributed by atoms with E-state index in [4.69, 9.17) is 0 Å². The zero-order chi connectivity index (χ0) is 17.9. The van der Waals surface area contributed by atoms with E-state index in [1.807, 2.05) is 24.1 Å². The Kier molecular flexibility index (Phi) is 11.6. The summed E-state index contributed by atoms with van der Waals surface area (Å²) in [7, 11) is 1.93. The third-order valence-electron chi connectivity index (χ3n) is 5.42. The maximum Gasteiger partial charge on any atom is 0.253 e. The first kappa shape index (κ1) is 23.0. The van der Waals surface area contributed by atoms with Gasteiger partial charge in [0.05, 0.1) is 0 Å². The lowest BCUT2D eigenvalue weighted by molar-refractivity contribution is 0.0744. The molecule has 1 amide bonds. The fourth-order valence-electron chi connectivity index (χ4n) is 3.62. The van der Waals surface area contributed by atoms with Gasteiger partial charge in [0.15, 0.2) is 0 Å². The highest BCUT2D eigenvalue weighted by molar-refractivity contribution is 5.94. The minimum absolute atomic E-state index is 0. The molecule has 1 aliphatic rings. The molecule has 148 valence electrons. The molecule has 1 fully saturated rings. The van der Waals surface area contributed by atoms with Crippen molar-refractivity contribution in [1.82, 2.24) is 10.2 Å². The highest BCUT2D eigenvalue weighted by atomic mass is 35.5. The van der Waals surface area contributed by atoms with Crippen molar-refractivity contribution in [2.45, 2.75) is 77.2 Å². The number of aryl methyl sites for hydroxylation is 1. The third kappa shape index (κ3) is 7.67. The van der Waals surface area contributed by atoms with Gasteiger partial charge >= 0.3 is 0 Å². The molecule has 0 radical (unpaired) electrons. The fraction of sp³-hybridized carbons (Fsp3) is 0.682. The number of benzene rings is 1. The molecular formula is C22H37ClN2O. The average molecular weight is 381 g/mol. The molecule has 2 rings (SSSR count). The minimum Gasteiger partial charge on any atom is -0.337 e. The summed E-state index contributed by atoms with van der Waals surface area (Å²) in [6.45, 7) is 4.20. The molecule has 26 heavy (non-hydrogen) atoms. The molecular weight excluding hydrogens is 344 g/mol. The second-order valence-corrected chi connectivity index (χ2v) is 7.48. The van der Waals surface area contributed by atoms with E-state index in [1.54, 1.807) is 0 Å². The summed E-state index contributed by atoms with van der Waals surface area (Å²) in [6.07, 6.45) is 13.0. The van der Waals surface area contributed by atoms with Crippen LogP contribution < -0.4 is 5.32 Å². The van der Waals surface area contributed by atoms with Crippen molar-refractivity contribution in [3.8, 4) is 0 Å². The molecule has 1 atom stereocenters. The molecule has 0 saturated carbocycles. The van der Waals surface area contributed by atoms with Crippen molar-refractivity contribution >= 4 is 18.3 Å². The molecule has 0 bridgehead atoms. The Hall–Kier alpha value is -1.06. The zero-order valence-corrected chi connectivity index (χ0v) is 17.5. The Labute approximate surface area is 166 Å². The Morgan fingerprint density at radius 2 is 1.65 bits per heavy atom. The molecule has 1 saturated heterocycles. The van der Waals surface area contributed by atoms with Crippen LogP contribution in [-0.4, -0.2) is 37.0 Å². The SMILES string of the molecule is CCCCCCCCCCc1ccc(C(=O)N(C)[C@@H]2CCNC2)cc1.Cl. The molecule has 1 aromatic rings. The van der Waals surface area contributed by atoms with Crippen LogP contribution in [0.2, 0.25) is 0 Å². The van der Waals surface area contributed by atoms with Crippen LogP contribution in [0.4, 0.5) is 0 Å². The summed E-state index contributed by atoms with van der Waals surface area (Å²) in [4.78, 5) is 14.4. The molecule has 1 heterocycles. The lowest BCUT2D eigenvalue weighted by Crippen LogP contribution is -2.38. The molecule has 1 aliphatic heterocycles. The van der Waals surface area contributed by atoms with E-state index in [0.29, 0.717) is 6.04 Å². The molecule has 0 aromatic heterocycles. The van der Waals surface area contributed by atoms with Gasteiger partial charge in [-0.25, -0.2) is 0 Å². The van der Waals surface area contributed by atoms with E-state index in [1.165, 1.54) is 56.9 Å². The number of hydrogen-bond donors (Lipinski definition) is 1. The Balaban J connectivity index is 0.00000338. The second-order valence-electron chi connectivity index (χ2n) is 7.48. The zero-order valence-electron chi connectivity index (χ0n) is 16.6. The van der Waals surface area contributed by atoms with Crippen molar-refractivity contribution in [1.29, 1.82) is 0 Å². The number of likely N-dealkylation sites (N-methyl/N-ethyl adjacent to an activating group) is 1. The van der Waals surface area contributed by atoms with Crippen LogP contribution in [-0.2, 0) is 6.42 Å². The smallest absolute Gasteiger partial charge is 0.253 e. The van der Waals surface area contributed by atoms with Gasteiger partial charge in [0.25, 0.3) is 5.91 Å². The lowest BCUT2D eigenvalue weighted by Gasteiger charge is -2.23. The van der Waals surface area contributed by atoms with Crippen LogP contribution in [0.3, 0.4) is 0 Å². The molecule has 0 aliphatic carbocycles. The number of amides is 1. The predicted octanol–water partition coefficient (Wildman–Crippen LogP) is 5.23. The summed E-state index contributed by atoms with van der Waals surface area (Å²) in [5.41, 5.74) is 2.17. The molecule has 1 N–H and O–H groups in total. The maximum absolute atomic E-state index is 12.5. The molecule has 4 heteroatoms. The van der Waals surface area contributed by atoms with E-state index in [9.17, 15) is 4.79 Å². The summed E-state index contributed by atoms with van der Waals surface area (Å²) in [5, 5.41) is 3.32. The van der Waals surface area contributed by atoms with Crippen LogP contribution >= 0.6 is 12.4 Å². The van der Waals surface area contributed by atoms with Crippen LogP contribution in [0.5, 0.6) is 0 Å². The van der Waals surface area contributed by atoms with Crippen molar-refractivity contribution in [3.63, 3.8) is 0 Å². The highest BCUT2D eigenvalue weighted by Gasteiger charge is 2.23. The van der Waals surface area contributed by atoms with Gasteiger partial charge in [-0.15, -0.1) is 12.4 Å². The lowest BCUT2D eigenvalue weighted by atomic mass is 10.0. The van der Waals surface area contributed by atoms with E-state index in [2.05, 4.69) is 24.4 Å². The van der Waals surface area contributed by atoms with Crippen LogP contribution in [0, 0.1) is 0 Å². The number of carbonyl (C=O) groups excluding carboxylic acids is 1. The normalized spacial score (nSPS) is 16.3. The van der Waals surface area contributed by atoms with Gasteiger partial charge in [0.1, 0.15) is 0 Å². The second kappa shape index (κ2) is 13.2. The van der Waals surface area contributed by atoms with Crippen molar-refractivity contribution < 1.29 is 4.79 Å². The standard InChI is InChI=1S/C22H36N2O.ClH/c1-3-4-5-6-7-8-9-10-11-19-12-14-20(15-13-19)22(25)24(2)21-16-17-23-18-21;/h12-15,21,23H,3-11,16-18H2,1-2H3;1H/t21-;/m1./s1. The van der Waals surface area contributed by atoms with Gasteiger partial charge in [-0.05, 0) is 43.5 Å². The van der Waals surface area contributed by atoms with Crippen molar-refractivity contribution in [2.75, 3.05) is 20.1 Å². The van der Waals surface area contributed by atoms with Gasteiger partial charge in [-0.1, -0.05) is 64.0 Å². The third-order valence-corrected chi connectivity index (χ3v) is 5.42. The van der Waals surface area contributed by atoms with E-state index < -0.39 is 0 Å².